The second-order valence-electron chi connectivity index (χ2n) is 7.02. The van der Waals surface area contributed by atoms with Crippen molar-refractivity contribution < 1.29 is 28.5 Å². The van der Waals surface area contributed by atoms with E-state index in [1.807, 2.05) is 31.2 Å². The fourth-order valence-corrected chi connectivity index (χ4v) is 2.75. The van der Waals surface area contributed by atoms with E-state index in [2.05, 4.69) is 13.0 Å². The van der Waals surface area contributed by atoms with E-state index in [-0.39, 0.29) is 24.6 Å². The molecule has 0 fully saturated rings. The van der Waals surface area contributed by atoms with Gasteiger partial charge in [-0.2, -0.15) is 0 Å². The zero-order valence-corrected chi connectivity index (χ0v) is 18.4. The Morgan fingerprint density at radius 2 is 1.79 bits per heavy atom. The molecule has 0 radical (unpaired) electrons. The Kier molecular flexibility index (Phi) is 13.2. The number of benzene rings is 1. The lowest BCUT2D eigenvalue weighted by molar-refractivity contribution is -0.119. The van der Waals surface area contributed by atoms with Gasteiger partial charge in [-0.3, -0.25) is 4.79 Å². The quantitative estimate of drug-likeness (QED) is 0.232. The van der Waals surface area contributed by atoms with Gasteiger partial charge in [-0.15, -0.1) is 0 Å². The van der Waals surface area contributed by atoms with Crippen LogP contribution in [0.5, 0.6) is 5.75 Å². The van der Waals surface area contributed by atoms with E-state index in [9.17, 15) is 4.79 Å². The average molecular weight is 409 g/mol. The van der Waals surface area contributed by atoms with Crippen molar-refractivity contribution in [3.05, 3.63) is 41.5 Å². The van der Waals surface area contributed by atoms with Crippen LogP contribution in [0.2, 0.25) is 0 Å². The predicted octanol–water partition coefficient (Wildman–Crippen LogP) is 4.17. The maximum absolute atomic E-state index is 11.7. The van der Waals surface area contributed by atoms with Gasteiger partial charge in [0.2, 0.25) is 0 Å². The summed E-state index contributed by atoms with van der Waals surface area (Å²) in [6.45, 7) is 8.03. The van der Waals surface area contributed by atoms with Gasteiger partial charge in [0.05, 0.1) is 39.6 Å². The van der Waals surface area contributed by atoms with Gasteiger partial charge in [-0.1, -0.05) is 25.1 Å². The standard InChI is InChI=1S/C23H36O6/c1-6-20(15-28-17-27-12-11-25-4)13-18(2)23(14-19(3)24)29-16-21-7-9-22(26-5)10-8-21/h7-10,13,20,23H,6,11-12,14-17H2,1-5H3/b18-13-/t20-,23+/m1/s1. The molecule has 2 atom stereocenters. The lowest BCUT2D eigenvalue weighted by Crippen LogP contribution is -2.19. The lowest BCUT2D eigenvalue weighted by atomic mass is 9.99. The second-order valence-corrected chi connectivity index (χ2v) is 7.02. The largest absolute Gasteiger partial charge is 0.497 e. The summed E-state index contributed by atoms with van der Waals surface area (Å²) in [4.78, 5) is 11.7. The molecule has 29 heavy (non-hydrogen) atoms. The normalized spacial score (nSPS) is 13.9. The summed E-state index contributed by atoms with van der Waals surface area (Å²) in [6.07, 6.45) is 3.19. The van der Waals surface area contributed by atoms with Gasteiger partial charge in [-0.25, -0.2) is 0 Å². The highest BCUT2D eigenvalue weighted by Gasteiger charge is 2.16. The fourth-order valence-electron chi connectivity index (χ4n) is 2.75. The van der Waals surface area contributed by atoms with Crippen LogP contribution in [0.1, 0.15) is 39.2 Å². The van der Waals surface area contributed by atoms with Crippen LogP contribution in [0, 0.1) is 5.92 Å². The minimum Gasteiger partial charge on any atom is -0.497 e. The molecular formula is C23H36O6. The first-order chi connectivity index (χ1) is 14.0. The smallest absolute Gasteiger partial charge is 0.146 e. The third kappa shape index (κ3) is 11.1. The molecule has 0 bridgehead atoms. The van der Waals surface area contributed by atoms with Crippen molar-refractivity contribution in [1.29, 1.82) is 0 Å². The Balaban J connectivity index is 2.61. The molecule has 0 aliphatic rings. The Morgan fingerprint density at radius 1 is 1.07 bits per heavy atom. The van der Waals surface area contributed by atoms with Gasteiger partial charge in [0.15, 0.2) is 0 Å². The SMILES string of the molecule is CC[C@H](/C=C(/C)[C@H](CC(C)=O)OCc1ccc(OC)cc1)COCOCCOC. The van der Waals surface area contributed by atoms with Crippen LogP contribution in [0.25, 0.3) is 0 Å². The first-order valence-electron chi connectivity index (χ1n) is 10.1. The van der Waals surface area contributed by atoms with Crippen LogP contribution in [0.4, 0.5) is 0 Å². The number of ether oxygens (including phenoxy) is 5. The monoisotopic (exact) mass is 408 g/mol. The molecule has 0 aliphatic heterocycles. The first kappa shape index (κ1) is 25.3. The maximum atomic E-state index is 11.7. The molecule has 0 spiro atoms. The van der Waals surface area contributed by atoms with Crippen LogP contribution < -0.4 is 4.74 Å². The number of rotatable bonds is 16. The van der Waals surface area contributed by atoms with Gasteiger partial charge in [-0.05, 0) is 43.5 Å². The highest BCUT2D eigenvalue weighted by molar-refractivity contribution is 5.76. The molecule has 6 heteroatoms. The van der Waals surface area contributed by atoms with E-state index in [0.717, 1.165) is 23.3 Å². The predicted molar refractivity (Wildman–Crippen MR) is 113 cm³/mol. The Bertz CT molecular complexity index is 596. The van der Waals surface area contributed by atoms with Crippen molar-refractivity contribution in [2.75, 3.05) is 40.8 Å². The third-order valence-electron chi connectivity index (χ3n) is 4.54. The molecule has 0 aliphatic carbocycles. The van der Waals surface area contributed by atoms with Crippen LogP contribution in [-0.2, 0) is 30.3 Å². The number of carbonyl (C=O) groups excluding carboxylic acids is 1. The van der Waals surface area contributed by atoms with Crippen molar-refractivity contribution in [2.24, 2.45) is 5.92 Å². The number of hydrogen-bond acceptors (Lipinski definition) is 6. The van der Waals surface area contributed by atoms with Gasteiger partial charge in [0.25, 0.3) is 0 Å². The molecule has 0 saturated carbocycles. The van der Waals surface area contributed by atoms with E-state index < -0.39 is 0 Å². The van der Waals surface area contributed by atoms with Crippen LogP contribution >= 0.6 is 0 Å². The Labute approximate surface area is 175 Å². The molecular weight excluding hydrogens is 372 g/mol. The molecule has 1 aromatic rings. The molecule has 0 saturated heterocycles. The van der Waals surface area contributed by atoms with E-state index in [0.29, 0.717) is 32.8 Å². The molecule has 0 N–H and O–H groups in total. The molecule has 1 aromatic carbocycles. The van der Waals surface area contributed by atoms with E-state index in [4.69, 9.17) is 23.7 Å². The summed E-state index contributed by atoms with van der Waals surface area (Å²) in [5.41, 5.74) is 2.08. The van der Waals surface area contributed by atoms with Crippen molar-refractivity contribution in [3.8, 4) is 5.75 Å². The number of Topliss-reactive ketones (excluding diaryl/α,β-unsaturated/α-hetero) is 1. The van der Waals surface area contributed by atoms with Crippen LogP contribution in [0.15, 0.2) is 35.9 Å². The molecule has 0 heterocycles. The molecule has 164 valence electrons. The number of methoxy groups -OCH3 is 2. The molecule has 6 nitrogen and oxygen atoms in total. The van der Waals surface area contributed by atoms with Gasteiger partial charge in [0, 0.05) is 19.4 Å². The molecule has 0 amide bonds. The van der Waals surface area contributed by atoms with E-state index in [1.54, 1.807) is 21.1 Å². The highest BCUT2D eigenvalue weighted by Crippen LogP contribution is 2.19. The minimum atomic E-state index is -0.249. The van der Waals surface area contributed by atoms with Crippen LogP contribution in [-0.4, -0.2) is 52.7 Å². The Morgan fingerprint density at radius 3 is 2.38 bits per heavy atom. The van der Waals surface area contributed by atoms with Gasteiger partial charge >= 0.3 is 0 Å². The lowest BCUT2D eigenvalue weighted by Gasteiger charge is -2.20. The van der Waals surface area contributed by atoms with Crippen molar-refractivity contribution in [3.63, 3.8) is 0 Å². The number of carbonyl (C=O) groups is 1. The summed E-state index contributed by atoms with van der Waals surface area (Å²) in [5, 5.41) is 0. The second kappa shape index (κ2) is 15.2. The topological polar surface area (TPSA) is 63.2 Å². The summed E-state index contributed by atoms with van der Waals surface area (Å²) in [6, 6.07) is 7.74. The summed E-state index contributed by atoms with van der Waals surface area (Å²) >= 11 is 0. The van der Waals surface area contributed by atoms with Gasteiger partial charge in [0.1, 0.15) is 18.3 Å². The summed E-state index contributed by atoms with van der Waals surface area (Å²) in [5.74, 6) is 1.15. The molecule has 0 unspecified atom stereocenters. The zero-order chi connectivity index (χ0) is 21.5. The summed E-state index contributed by atoms with van der Waals surface area (Å²) < 4.78 is 27.1. The fraction of sp³-hybridized carbons (Fsp3) is 0.609. The van der Waals surface area contributed by atoms with E-state index in [1.165, 1.54) is 0 Å². The third-order valence-corrected chi connectivity index (χ3v) is 4.54. The van der Waals surface area contributed by atoms with Gasteiger partial charge < -0.3 is 23.7 Å². The van der Waals surface area contributed by atoms with Crippen molar-refractivity contribution >= 4 is 5.78 Å². The molecule has 1 rings (SSSR count). The number of ketones is 1. The number of hydrogen-bond donors (Lipinski definition) is 0. The molecule has 0 aromatic heterocycles. The first-order valence-corrected chi connectivity index (χ1v) is 10.1. The van der Waals surface area contributed by atoms with E-state index >= 15 is 0 Å². The minimum absolute atomic E-state index is 0.105. The van der Waals surface area contributed by atoms with Crippen molar-refractivity contribution in [2.45, 2.75) is 46.3 Å². The summed E-state index contributed by atoms with van der Waals surface area (Å²) in [7, 11) is 3.28. The highest BCUT2D eigenvalue weighted by atomic mass is 16.7. The average Bonchev–Trinajstić information content (AvgIpc) is 2.72. The Hall–Kier alpha value is -1.73. The maximum Gasteiger partial charge on any atom is 0.146 e. The zero-order valence-electron chi connectivity index (χ0n) is 18.4. The van der Waals surface area contributed by atoms with Crippen molar-refractivity contribution in [1.82, 2.24) is 0 Å². The van der Waals surface area contributed by atoms with Crippen LogP contribution in [0.3, 0.4) is 0 Å².